The normalized spacial score (nSPS) is 11.0. The Morgan fingerprint density at radius 2 is 1.13 bits per heavy atom. The number of hydrogen-bond donors (Lipinski definition) is 3. The molecule has 3 aromatic rings. The third-order valence-electron chi connectivity index (χ3n) is 8.86. The van der Waals surface area contributed by atoms with E-state index in [1.165, 1.54) is 15.6 Å². The Hall–Kier alpha value is -5.80. The van der Waals surface area contributed by atoms with Crippen LogP contribution in [-0.4, -0.2) is 66.8 Å². The van der Waals surface area contributed by atoms with Crippen LogP contribution in [0.4, 0.5) is 28.4 Å². The van der Waals surface area contributed by atoms with Crippen LogP contribution in [0.25, 0.3) is 20.8 Å². The minimum atomic E-state index is -3.43. The van der Waals surface area contributed by atoms with Crippen molar-refractivity contribution in [3.63, 3.8) is 0 Å². The lowest BCUT2D eigenvalue weighted by Gasteiger charge is -2.22. The molecule has 1 heterocycles. The van der Waals surface area contributed by atoms with Gasteiger partial charge in [-0.2, -0.15) is 0 Å². The number of halogens is 1. The average Bonchev–Trinajstić information content (AvgIpc) is 3.26. The zero-order valence-electron chi connectivity index (χ0n) is 35.2. The Labute approximate surface area is 383 Å². The van der Waals surface area contributed by atoms with Gasteiger partial charge in [-0.05, 0) is 78.9 Å². The fourth-order valence-electron chi connectivity index (χ4n) is 6.05. The van der Waals surface area contributed by atoms with E-state index in [2.05, 4.69) is 108 Å². The Kier molecular flexibility index (Phi) is 23.0. The number of benzene rings is 4. The number of hydrogen-bond acceptors (Lipinski definition) is 11. The second-order valence-electron chi connectivity index (χ2n) is 13.3. The van der Waals surface area contributed by atoms with Crippen LogP contribution >= 0.6 is 11.3 Å². The van der Waals surface area contributed by atoms with Crippen LogP contribution in [0.2, 0.25) is 0 Å². The molecule has 0 aromatic heterocycles. The molecule has 0 amide bonds. The molecule has 0 fully saturated rings. The van der Waals surface area contributed by atoms with E-state index in [1.54, 1.807) is 35.6 Å². The predicted octanol–water partition coefficient (Wildman–Crippen LogP) is 6.13. The minimum absolute atomic E-state index is 0. The zero-order chi connectivity index (χ0) is 44.8. The van der Waals surface area contributed by atoms with E-state index < -0.39 is 8.77 Å². The molecule has 3 aromatic carbocycles. The number of rotatable bonds is 21. The van der Waals surface area contributed by atoms with Gasteiger partial charge in [0.2, 0.25) is 14.1 Å². The topological polar surface area (TPSA) is 124 Å². The number of nitrogen functional groups attached to an aromatic ring is 2. The van der Waals surface area contributed by atoms with Gasteiger partial charge in [-0.25, -0.2) is 19.0 Å². The molecule has 0 spiro atoms. The Morgan fingerprint density at radius 3 is 1.61 bits per heavy atom. The maximum Gasteiger partial charge on any atom is 0.204 e. The van der Waals surface area contributed by atoms with Gasteiger partial charge >= 0.3 is 0 Å². The summed E-state index contributed by atoms with van der Waals surface area (Å²) in [5.74, 6) is 0. The highest BCUT2D eigenvalue weighted by Crippen LogP contribution is 2.32. The molecule has 14 heteroatoms. The number of nitrogens with two attached hydrogens (primary N) is 2. The molecule has 328 valence electrons. The Balaban J connectivity index is 0.000000339. The first kappa shape index (κ1) is 52.3. The first-order valence-corrected chi connectivity index (χ1v) is 22.5. The highest BCUT2D eigenvalue weighted by Gasteiger charge is 2.17. The fourth-order valence-corrected chi connectivity index (χ4v) is 8.21. The van der Waals surface area contributed by atoms with E-state index in [-0.39, 0.29) is 23.0 Å². The highest BCUT2D eigenvalue weighted by atomic mass is 35.5. The molecule has 5 N–H and O–H groups in total. The lowest BCUT2D eigenvalue weighted by atomic mass is 10.2. The van der Waals surface area contributed by atoms with Crippen molar-refractivity contribution in [1.29, 1.82) is 0 Å². The van der Waals surface area contributed by atoms with Crippen LogP contribution in [0, 0.1) is 0 Å². The molecular weight excluding hydrogens is 854 g/mol. The van der Waals surface area contributed by atoms with Crippen LogP contribution < -0.4 is 48.5 Å². The van der Waals surface area contributed by atoms with Gasteiger partial charge in [0.05, 0.1) is 31.4 Å². The Morgan fingerprint density at radius 1 is 0.661 bits per heavy atom. The van der Waals surface area contributed by atoms with Crippen molar-refractivity contribution in [1.82, 2.24) is 9.56 Å². The van der Waals surface area contributed by atoms with Crippen molar-refractivity contribution in [2.75, 3.05) is 78.5 Å². The third kappa shape index (κ3) is 15.3. The highest BCUT2D eigenvalue weighted by molar-refractivity contribution is 8.30. The van der Waals surface area contributed by atoms with E-state index in [9.17, 15) is 4.21 Å². The van der Waals surface area contributed by atoms with E-state index in [0.29, 0.717) is 13.1 Å². The summed E-state index contributed by atoms with van der Waals surface area (Å²) in [5.41, 5.74) is 17.4. The van der Waals surface area contributed by atoms with Crippen LogP contribution in [0.5, 0.6) is 0 Å². The maximum atomic E-state index is 11.9. The quantitative estimate of drug-likeness (QED) is 0.0198. The van der Waals surface area contributed by atoms with Crippen molar-refractivity contribution in [3.05, 3.63) is 185 Å². The first-order valence-electron chi connectivity index (χ1n) is 19.3. The molecule has 0 saturated carbocycles. The van der Waals surface area contributed by atoms with E-state index >= 15 is 0 Å². The van der Waals surface area contributed by atoms with Crippen molar-refractivity contribution in [3.8, 4) is 10.6 Å². The van der Waals surface area contributed by atoms with Crippen molar-refractivity contribution in [2.24, 2.45) is 0 Å². The molecule has 1 aliphatic heterocycles. The van der Waals surface area contributed by atoms with Gasteiger partial charge in [0, 0.05) is 85.3 Å². The summed E-state index contributed by atoms with van der Waals surface area (Å²) in [6, 6.07) is 25.5. The van der Waals surface area contributed by atoms with Crippen molar-refractivity contribution < 1.29 is 26.2 Å². The fraction of sp³-hybridized carbons (Fsp3) is 0.167. The zero-order valence-corrected chi connectivity index (χ0v) is 38.4. The van der Waals surface area contributed by atoms with Gasteiger partial charge in [-0.15, -0.1) is 55.1 Å². The molecule has 10 nitrogen and oxygen atoms in total. The van der Waals surface area contributed by atoms with Crippen LogP contribution in [0.15, 0.2) is 185 Å². The third-order valence-corrected chi connectivity index (χ3v) is 11.8. The number of aromatic nitrogens is 1. The number of anilines is 5. The summed E-state index contributed by atoms with van der Waals surface area (Å²) in [6.07, 6.45) is 14.9. The second kappa shape index (κ2) is 27.2. The van der Waals surface area contributed by atoms with E-state index in [1.807, 2.05) is 65.6 Å². The van der Waals surface area contributed by atoms with Crippen molar-refractivity contribution in [2.45, 2.75) is 4.90 Å². The molecule has 1 unspecified atom stereocenters. The SMILES string of the molecule is C=CCN(CC=C)c1ccc(N)c(S(=O)(=S)OO)c1.C=CCN(CC=C)c1ccc(N)cc1.C=CCN(CC=C)c1ccc2nc3ccc(=[N+](CC=C)CC=C)cc-3sc2c1.[Cl-]. The van der Waals surface area contributed by atoms with Crippen molar-refractivity contribution >= 4 is 70.0 Å². The van der Waals surface area contributed by atoms with Gasteiger partial charge in [-0.1, -0.05) is 49.6 Å². The molecular formula is C48H58ClN7O3S3. The van der Waals surface area contributed by atoms with E-state index in [4.69, 9.17) is 32.9 Å². The molecule has 2 aliphatic rings. The maximum absolute atomic E-state index is 11.9. The molecule has 0 radical (unpaired) electrons. The summed E-state index contributed by atoms with van der Waals surface area (Å²) in [5, 5.41) is 9.78. The van der Waals surface area contributed by atoms with Gasteiger partial charge in [-0.3, -0.25) is 0 Å². The van der Waals surface area contributed by atoms with Crippen LogP contribution in [-0.2, 0) is 24.3 Å². The van der Waals surface area contributed by atoms with E-state index in [0.717, 1.165) is 78.6 Å². The van der Waals surface area contributed by atoms with Gasteiger partial charge in [0.1, 0.15) is 0 Å². The summed E-state index contributed by atoms with van der Waals surface area (Å²) in [6.45, 7) is 36.2. The first-order chi connectivity index (χ1) is 29.4. The predicted molar refractivity (Wildman–Crippen MR) is 269 cm³/mol. The molecule has 62 heavy (non-hydrogen) atoms. The molecule has 0 bridgehead atoms. The van der Waals surface area contributed by atoms with Gasteiger partial charge in [0.15, 0.2) is 13.1 Å². The summed E-state index contributed by atoms with van der Waals surface area (Å²) in [4.78, 5) is 12.4. The largest absolute Gasteiger partial charge is 1.00 e. The lowest BCUT2D eigenvalue weighted by molar-refractivity contribution is -0.124. The number of fused-ring (bicyclic) bond motifs is 2. The monoisotopic (exact) mass is 911 g/mol. The standard InChI is InChI=1S/C24H26N3S.C12H16N2O3S2.C12H16N2.ClH/c1-5-13-26(14-6-2)19-9-11-21-23(17-19)28-24-18-20(10-12-22(24)25-21)27(15-7-3)16-8-4;1-3-7-14(8-4-2)10-5-6-11(13)12(9-10)19(16,18)17-15;1-3-9-14(10-4-2)12-7-5-11(13)6-8-12;/h5-12,17-18H,1-4,13-16H2;3-6,9,15H,1-2,7-8,13H2;3-8H,1-2,9-10,13H2;1H/q+1;;;/p-1. The van der Waals surface area contributed by atoms with Gasteiger partial charge < -0.3 is 38.6 Å². The van der Waals surface area contributed by atoms with Gasteiger partial charge in [0.25, 0.3) is 0 Å². The summed E-state index contributed by atoms with van der Waals surface area (Å²) >= 11 is 6.46. The summed E-state index contributed by atoms with van der Waals surface area (Å²) in [7, 11) is -3.43. The second-order valence-corrected chi connectivity index (χ2v) is 17.2. The van der Waals surface area contributed by atoms with Crippen LogP contribution in [0.1, 0.15) is 0 Å². The lowest BCUT2D eigenvalue weighted by Crippen LogP contribution is -3.00. The summed E-state index contributed by atoms with van der Waals surface area (Å²) < 4.78 is 19.1. The molecule has 0 saturated heterocycles. The smallest absolute Gasteiger partial charge is 0.204 e. The molecule has 1 aliphatic carbocycles. The molecule has 5 rings (SSSR count). The van der Waals surface area contributed by atoms with Crippen LogP contribution in [0.3, 0.4) is 0 Å². The number of nitrogens with zero attached hydrogens (tertiary/aromatic N) is 5. The Bertz CT molecular complexity index is 2410. The molecule has 1 atom stereocenters. The average molecular weight is 913 g/mol. The minimum Gasteiger partial charge on any atom is -1.00 e.